The van der Waals surface area contributed by atoms with E-state index in [1.807, 2.05) is 41.5 Å². The quantitative estimate of drug-likeness (QED) is 0.818. The average molecular weight is 318 g/mol. The van der Waals surface area contributed by atoms with Crippen LogP contribution >= 0.6 is 0 Å². The van der Waals surface area contributed by atoms with E-state index in [9.17, 15) is 4.79 Å². The highest BCUT2D eigenvalue weighted by atomic mass is 16.7. The summed E-state index contributed by atoms with van der Waals surface area (Å²) in [5.41, 5.74) is -0.313. The molecule has 0 bridgehead atoms. The van der Waals surface area contributed by atoms with Gasteiger partial charge in [0.05, 0.1) is 23.3 Å². The highest BCUT2D eigenvalue weighted by Gasteiger charge is 2.52. The molecule has 1 aromatic rings. The zero-order valence-electron chi connectivity index (χ0n) is 14.5. The number of aromatic nitrogens is 2. The molecule has 1 saturated heterocycles. The van der Waals surface area contributed by atoms with E-state index in [-0.39, 0.29) is 18.5 Å². The lowest BCUT2D eigenvalue weighted by Crippen LogP contribution is -2.47. The lowest BCUT2D eigenvalue weighted by molar-refractivity contribution is -0.117. The molecule has 0 aromatic carbocycles. The van der Waals surface area contributed by atoms with Crippen molar-refractivity contribution in [3.8, 4) is 0 Å². The number of nitrogens with zero attached hydrogens (tertiary/aromatic N) is 3. The summed E-state index contributed by atoms with van der Waals surface area (Å²) in [5.74, 6) is 1.12. The Hall–Kier alpha value is -1.67. The van der Waals surface area contributed by atoms with Crippen molar-refractivity contribution < 1.29 is 14.1 Å². The Morgan fingerprint density at radius 1 is 1.26 bits per heavy atom. The SMILES string of the molecule is CC(C)N1C(=O)CNc2ncc(B3OC(C)(C)C(C)(C)O3)nc21. The zero-order valence-corrected chi connectivity index (χ0v) is 14.5. The second-order valence-corrected chi connectivity index (χ2v) is 7.27. The molecule has 0 spiro atoms. The molecule has 7 nitrogen and oxygen atoms in total. The summed E-state index contributed by atoms with van der Waals surface area (Å²) in [6.07, 6.45) is 1.64. The topological polar surface area (TPSA) is 76.6 Å². The van der Waals surface area contributed by atoms with Crippen LogP contribution in [-0.4, -0.2) is 46.8 Å². The Bertz CT molecular complexity index is 632. The van der Waals surface area contributed by atoms with Gasteiger partial charge in [0.25, 0.3) is 0 Å². The predicted octanol–water partition coefficient (Wildman–Crippen LogP) is 0.943. The van der Waals surface area contributed by atoms with Crippen molar-refractivity contribution in [1.82, 2.24) is 9.97 Å². The molecule has 0 radical (unpaired) electrons. The third-order valence-corrected chi connectivity index (χ3v) is 4.69. The van der Waals surface area contributed by atoms with Gasteiger partial charge in [-0.25, -0.2) is 9.97 Å². The maximum absolute atomic E-state index is 12.2. The Morgan fingerprint density at radius 3 is 2.43 bits per heavy atom. The van der Waals surface area contributed by atoms with Crippen LogP contribution in [0.3, 0.4) is 0 Å². The molecule has 124 valence electrons. The largest absolute Gasteiger partial charge is 0.516 e. The number of hydrogen-bond acceptors (Lipinski definition) is 6. The molecule has 0 aliphatic carbocycles. The van der Waals surface area contributed by atoms with Gasteiger partial charge in [-0.2, -0.15) is 0 Å². The third-order valence-electron chi connectivity index (χ3n) is 4.69. The molecule has 1 aromatic heterocycles. The standard InChI is InChI=1S/C15H23BN4O3/c1-9(2)20-11(21)8-18-12-13(20)19-10(7-17-12)16-22-14(3,4)15(5,6)23-16/h7,9H,8H2,1-6H3,(H,17,18). The van der Waals surface area contributed by atoms with Gasteiger partial charge in [0.2, 0.25) is 5.91 Å². The van der Waals surface area contributed by atoms with Crippen molar-refractivity contribution in [2.45, 2.75) is 58.8 Å². The molecule has 3 heterocycles. The molecule has 2 aliphatic heterocycles. The van der Waals surface area contributed by atoms with E-state index in [2.05, 4.69) is 15.3 Å². The first-order chi connectivity index (χ1) is 10.6. The highest BCUT2D eigenvalue weighted by Crippen LogP contribution is 2.36. The Morgan fingerprint density at radius 2 is 1.87 bits per heavy atom. The molecule has 3 rings (SSSR count). The Balaban J connectivity index is 1.97. The van der Waals surface area contributed by atoms with E-state index in [0.717, 1.165) is 0 Å². The number of nitrogens with one attached hydrogen (secondary N) is 1. The monoisotopic (exact) mass is 318 g/mol. The lowest BCUT2D eigenvalue weighted by atomic mass is 9.85. The van der Waals surface area contributed by atoms with Gasteiger partial charge in [-0.3, -0.25) is 9.69 Å². The molecule has 0 saturated carbocycles. The summed E-state index contributed by atoms with van der Waals surface area (Å²) in [6.45, 7) is 12.1. The van der Waals surface area contributed by atoms with Gasteiger partial charge in [-0.1, -0.05) is 0 Å². The van der Waals surface area contributed by atoms with Gasteiger partial charge in [-0.05, 0) is 41.5 Å². The number of anilines is 2. The van der Waals surface area contributed by atoms with Crippen LogP contribution in [0.2, 0.25) is 0 Å². The molecule has 1 N–H and O–H groups in total. The van der Waals surface area contributed by atoms with Gasteiger partial charge in [0, 0.05) is 12.2 Å². The van der Waals surface area contributed by atoms with E-state index in [4.69, 9.17) is 9.31 Å². The molecule has 0 unspecified atom stereocenters. The van der Waals surface area contributed by atoms with Crippen LogP contribution in [0.4, 0.5) is 11.6 Å². The molecule has 0 atom stereocenters. The number of amides is 1. The summed E-state index contributed by atoms with van der Waals surface area (Å²) >= 11 is 0. The van der Waals surface area contributed by atoms with Crippen LogP contribution in [-0.2, 0) is 14.1 Å². The van der Waals surface area contributed by atoms with E-state index < -0.39 is 18.3 Å². The molecule has 2 aliphatic rings. The molecule has 23 heavy (non-hydrogen) atoms. The van der Waals surface area contributed by atoms with Crippen molar-refractivity contribution in [2.24, 2.45) is 0 Å². The van der Waals surface area contributed by atoms with E-state index in [1.165, 1.54) is 0 Å². The highest BCUT2D eigenvalue weighted by molar-refractivity contribution is 6.61. The van der Waals surface area contributed by atoms with Crippen LogP contribution < -0.4 is 15.8 Å². The predicted molar refractivity (Wildman–Crippen MR) is 88.9 cm³/mol. The summed E-state index contributed by atoms with van der Waals surface area (Å²) < 4.78 is 12.0. The van der Waals surface area contributed by atoms with Gasteiger partial charge >= 0.3 is 7.12 Å². The maximum atomic E-state index is 12.2. The fraction of sp³-hybridized carbons (Fsp3) is 0.667. The number of fused-ring (bicyclic) bond motifs is 1. The number of carbonyl (C=O) groups excluding carboxylic acids is 1. The van der Waals surface area contributed by atoms with Gasteiger partial charge in [0.15, 0.2) is 11.6 Å². The third kappa shape index (κ3) is 2.59. The molecule has 8 heteroatoms. The van der Waals surface area contributed by atoms with E-state index >= 15 is 0 Å². The first-order valence-corrected chi connectivity index (χ1v) is 7.91. The fourth-order valence-electron chi connectivity index (χ4n) is 2.66. The average Bonchev–Trinajstić information content (AvgIpc) is 2.66. The first kappa shape index (κ1) is 16.2. The van der Waals surface area contributed by atoms with E-state index in [0.29, 0.717) is 17.2 Å². The summed E-state index contributed by atoms with van der Waals surface area (Å²) in [6, 6.07) is 0.00574. The second kappa shape index (κ2) is 5.17. The van der Waals surface area contributed by atoms with Crippen LogP contribution in [0.5, 0.6) is 0 Å². The van der Waals surface area contributed by atoms with Crippen LogP contribution in [0.15, 0.2) is 6.20 Å². The Labute approximate surface area is 136 Å². The summed E-state index contributed by atoms with van der Waals surface area (Å²) in [4.78, 5) is 22.8. The first-order valence-electron chi connectivity index (χ1n) is 7.91. The molecular formula is C15H23BN4O3. The molecule has 1 fully saturated rings. The molecular weight excluding hydrogens is 295 g/mol. The molecule has 1 amide bonds. The van der Waals surface area contributed by atoms with Crippen molar-refractivity contribution in [2.75, 3.05) is 16.8 Å². The van der Waals surface area contributed by atoms with Crippen LogP contribution in [0.1, 0.15) is 41.5 Å². The summed E-state index contributed by atoms with van der Waals surface area (Å²) in [7, 11) is -0.594. The van der Waals surface area contributed by atoms with Gasteiger partial charge in [-0.15, -0.1) is 0 Å². The van der Waals surface area contributed by atoms with Crippen LogP contribution in [0, 0.1) is 0 Å². The van der Waals surface area contributed by atoms with Crippen molar-refractivity contribution in [3.05, 3.63) is 6.20 Å². The second-order valence-electron chi connectivity index (χ2n) is 7.27. The van der Waals surface area contributed by atoms with E-state index in [1.54, 1.807) is 11.1 Å². The minimum Gasteiger partial charge on any atom is -0.398 e. The number of rotatable bonds is 2. The van der Waals surface area contributed by atoms with Gasteiger partial charge in [0.1, 0.15) is 0 Å². The number of hydrogen-bond donors (Lipinski definition) is 1. The zero-order chi connectivity index (χ0) is 17.0. The lowest BCUT2D eigenvalue weighted by Gasteiger charge is -2.32. The van der Waals surface area contributed by atoms with Crippen LogP contribution in [0.25, 0.3) is 0 Å². The fourth-order valence-corrected chi connectivity index (χ4v) is 2.66. The van der Waals surface area contributed by atoms with Crippen molar-refractivity contribution in [3.63, 3.8) is 0 Å². The van der Waals surface area contributed by atoms with Crippen molar-refractivity contribution >= 4 is 30.3 Å². The minimum absolute atomic E-state index is 0.00574. The normalized spacial score (nSPS) is 22.3. The smallest absolute Gasteiger partial charge is 0.398 e. The Kier molecular flexibility index (Phi) is 3.64. The number of carbonyl (C=O) groups is 1. The van der Waals surface area contributed by atoms with Gasteiger partial charge < -0.3 is 14.6 Å². The maximum Gasteiger partial charge on any atom is 0.516 e. The summed E-state index contributed by atoms with van der Waals surface area (Å²) in [5, 5.41) is 3.00. The minimum atomic E-state index is -0.594. The van der Waals surface area contributed by atoms with Crippen molar-refractivity contribution in [1.29, 1.82) is 0 Å².